The van der Waals surface area contributed by atoms with Gasteiger partial charge in [0, 0.05) is 43.5 Å². The standard InChI is InChI=1S/C34H49N6O10S.C8H19N.C3H6O2.2C2H6O2.CH3.Eu.Gd/c1-3-11-38(12-4-2)15-16-50-29-10-9-26(18-28(29)41)37-34(51)36-25-7-5-24(6-8-25)17-27(35-19-30(42)43)20-39(21-31(44)45)13-14-40(22-32(46)47)23-33(48)49;1-4-7-9(6-3)8-5-2;1-2-3(4)5;2*3-1-2-4;;;/h5-10,18,27,41H,3-4,11-17,19-23H2,1-2H3,(H,42,43)(H,44,45)(H,46,47)(H,48,49)(H2,36,37,51);4-8H2,1-3H3;2H2,1H3,(H,4,5);2*3-4H,1-2H2;1H3;;/q-1;;;;;-1;+2;+3. The van der Waals surface area contributed by atoms with Crippen molar-refractivity contribution < 1.29 is 169 Å². The zero-order valence-corrected chi connectivity index (χ0v) is 50.9. The number of rotatable bonds is 34. The Balaban J connectivity index is -0.000000409. The summed E-state index contributed by atoms with van der Waals surface area (Å²) in [7, 11) is 0. The molecule has 0 aliphatic rings. The van der Waals surface area contributed by atoms with Crippen molar-refractivity contribution in [2.45, 2.75) is 86.1 Å². The van der Waals surface area contributed by atoms with Gasteiger partial charge in [-0.25, -0.2) is 0 Å². The number of hydrogen-bond donors (Lipinski definition) is 12. The third-order valence-electron chi connectivity index (χ3n) is 9.44. The molecule has 0 heterocycles. The first-order valence-corrected chi connectivity index (χ1v) is 24.8. The largest absolute Gasteiger partial charge is 3.00 e. The molecule has 0 aliphatic heterocycles. The van der Waals surface area contributed by atoms with Gasteiger partial charge in [-0.1, -0.05) is 53.7 Å². The molecule has 0 saturated carbocycles. The minimum absolute atomic E-state index is 0. The number of ether oxygens (including phenoxy) is 1. The molecular formula is C50H89EuGdN7O16S+3. The van der Waals surface area contributed by atoms with Gasteiger partial charge in [-0.3, -0.25) is 38.7 Å². The smallest absolute Gasteiger partial charge is 0.649 e. The van der Waals surface area contributed by atoms with E-state index in [2.05, 4.69) is 60.4 Å². The number of carboxylic acids is 5. The quantitative estimate of drug-likeness (QED) is 0.0349. The summed E-state index contributed by atoms with van der Waals surface area (Å²) in [6.07, 6.45) is 5.18. The Labute approximate surface area is 529 Å². The van der Waals surface area contributed by atoms with Crippen molar-refractivity contribution in [2.24, 2.45) is 0 Å². The van der Waals surface area contributed by atoms with Crippen molar-refractivity contribution in [3.8, 4) is 11.5 Å². The summed E-state index contributed by atoms with van der Waals surface area (Å²) in [5.74, 6) is -5.16. The van der Waals surface area contributed by atoms with Gasteiger partial charge < -0.3 is 84.1 Å². The number of aliphatic hydroxyl groups excluding tert-OH is 4. The first-order chi connectivity index (χ1) is 34.7. The summed E-state index contributed by atoms with van der Waals surface area (Å²) in [6.45, 7) is 17.0. The van der Waals surface area contributed by atoms with Crippen molar-refractivity contribution in [1.29, 1.82) is 0 Å². The van der Waals surface area contributed by atoms with E-state index in [4.69, 9.17) is 52.7 Å². The van der Waals surface area contributed by atoms with Gasteiger partial charge in [0.05, 0.1) is 46.1 Å². The van der Waals surface area contributed by atoms with Crippen LogP contribution in [-0.4, -0.2) is 230 Å². The van der Waals surface area contributed by atoms with E-state index in [0.29, 0.717) is 23.7 Å². The maximum atomic E-state index is 11.6. The summed E-state index contributed by atoms with van der Waals surface area (Å²) < 4.78 is 5.79. The number of nitrogens with zero attached hydrogens (tertiary/aromatic N) is 5. The van der Waals surface area contributed by atoms with Crippen LogP contribution in [0.2, 0.25) is 0 Å². The normalized spacial score (nSPS) is 10.4. The number of aliphatic carboxylic acids is 5. The Morgan fingerprint density at radius 3 is 1.41 bits per heavy atom. The number of nitrogens with one attached hydrogen (secondary N) is 2. The summed E-state index contributed by atoms with van der Waals surface area (Å²) >= 11 is 5.44. The number of hydrogen-bond acceptors (Lipinski definition) is 16. The van der Waals surface area contributed by atoms with Gasteiger partial charge in [-0.15, -0.1) is 6.04 Å². The van der Waals surface area contributed by atoms with Crippen molar-refractivity contribution in [2.75, 3.05) is 129 Å². The number of benzene rings is 2. The van der Waals surface area contributed by atoms with Crippen LogP contribution < -0.4 is 15.4 Å². The molecule has 0 spiro atoms. The average molecular weight is 1390 g/mol. The fourth-order valence-corrected chi connectivity index (χ4v) is 6.55. The monoisotopic (exact) mass is 1390 g/mol. The number of aromatic hydroxyl groups is 1. The molecule has 2 radical (unpaired) electrons. The Morgan fingerprint density at radius 2 is 1.01 bits per heavy atom. The fourth-order valence-electron chi connectivity index (χ4n) is 6.32. The maximum absolute atomic E-state index is 11.6. The van der Waals surface area contributed by atoms with Crippen molar-refractivity contribution >= 4 is 58.6 Å². The van der Waals surface area contributed by atoms with E-state index in [1.165, 1.54) is 43.4 Å². The Kier molecular flexibility index (Phi) is 64.0. The van der Waals surface area contributed by atoms with Crippen LogP contribution in [0.15, 0.2) is 42.5 Å². The molecule has 12 N–H and O–H groups in total. The van der Waals surface area contributed by atoms with Crippen molar-refractivity contribution in [3.63, 3.8) is 0 Å². The van der Waals surface area contributed by atoms with Gasteiger partial charge in [0.1, 0.15) is 6.61 Å². The summed E-state index contributed by atoms with van der Waals surface area (Å²) in [5, 5.41) is 96.2. The number of carboxylic acid groups (broad SMARTS) is 5. The second-order valence-corrected chi connectivity index (χ2v) is 16.4. The third-order valence-corrected chi connectivity index (χ3v) is 9.64. The summed E-state index contributed by atoms with van der Waals surface area (Å²) in [6, 6.07) is 11.4. The minimum atomic E-state index is -1.23. The molecule has 23 nitrogen and oxygen atoms in total. The van der Waals surface area contributed by atoms with Gasteiger partial charge in [-0.05, 0) is 120 Å². The van der Waals surface area contributed by atoms with Crippen LogP contribution in [0.4, 0.5) is 11.4 Å². The molecule has 2 aromatic carbocycles. The van der Waals surface area contributed by atoms with Crippen LogP contribution in [0.3, 0.4) is 0 Å². The van der Waals surface area contributed by atoms with Crippen LogP contribution in [0.25, 0.3) is 5.32 Å². The first-order valence-electron chi connectivity index (χ1n) is 24.4. The number of phenolic OH excluding ortho intramolecular Hbond substituents is 1. The van der Waals surface area contributed by atoms with E-state index in [1.807, 2.05) is 0 Å². The molecule has 0 saturated heterocycles. The van der Waals surface area contributed by atoms with Gasteiger partial charge >= 0.3 is 113 Å². The molecule has 26 heteroatoms. The number of phenols is 1. The van der Waals surface area contributed by atoms with Crippen molar-refractivity contribution in [3.05, 3.63) is 60.8 Å². The van der Waals surface area contributed by atoms with Crippen LogP contribution >= 0.6 is 12.2 Å². The van der Waals surface area contributed by atoms with Crippen LogP contribution in [0.1, 0.15) is 79.2 Å². The maximum Gasteiger partial charge on any atom is 3.00 e. The molecular weight excluding hydrogens is 1300 g/mol. The topological polar surface area (TPSA) is 348 Å². The van der Waals surface area contributed by atoms with Crippen molar-refractivity contribution in [1.82, 2.24) is 19.6 Å². The Morgan fingerprint density at radius 1 is 0.592 bits per heavy atom. The van der Waals surface area contributed by atoms with Crippen LogP contribution in [-0.2, 0) is 30.4 Å². The number of aliphatic hydroxyl groups is 4. The van der Waals surface area contributed by atoms with Gasteiger partial charge in [0.25, 0.3) is 5.97 Å². The van der Waals surface area contributed by atoms with Crippen LogP contribution in [0, 0.1) is 96.7 Å². The van der Waals surface area contributed by atoms with E-state index in [-0.39, 0.29) is 167 Å². The van der Waals surface area contributed by atoms with Gasteiger partial charge in [0.2, 0.25) is 0 Å². The minimum Gasteiger partial charge on any atom is -0.649 e. The molecule has 2 rings (SSSR count). The molecule has 0 aliphatic carbocycles. The second-order valence-electron chi connectivity index (χ2n) is 15.9. The third kappa shape index (κ3) is 52.3. The molecule has 1 unspecified atom stereocenters. The Bertz CT molecular complexity index is 1750. The fraction of sp³-hybridized carbons (Fsp3) is 0.620. The van der Waals surface area contributed by atoms with Crippen LogP contribution in [0.5, 0.6) is 11.5 Å². The molecule has 1 atom stereocenters. The molecule has 2 aromatic rings. The second kappa shape index (κ2) is 57.3. The molecule has 0 fully saturated rings. The van der Waals surface area contributed by atoms with Gasteiger partial charge in [0.15, 0.2) is 16.6 Å². The SMILES string of the molecule is CCC(=O)O.CCCN(CC)CCC.CCCN(CCC)CCOc1ccc(NC(=S)Nc2ccc(CC(CN(CCN(CC(=O)O)CC(=O)O)CC(=O)O)[N-]CC(=O)O)cc2)cc1O.OCCO.OCCO.[CH3-].[Eu+2].[Gd+3]. The molecule has 438 valence electrons. The molecule has 0 aromatic heterocycles. The Hall–Kier alpha value is -2.37. The van der Waals surface area contributed by atoms with E-state index in [0.717, 1.165) is 42.9 Å². The first kappa shape index (κ1) is 84.9. The zero-order valence-electron chi connectivity index (χ0n) is 45.4. The predicted octanol–water partition coefficient (Wildman–Crippen LogP) is 3.93. The van der Waals surface area contributed by atoms with E-state index in [9.17, 15) is 39.3 Å². The van der Waals surface area contributed by atoms with Gasteiger partial charge in [-0.2, -0.15) is 0 Å². The summed E-state index contributed by atoms with van der Waals surface area (Å²) in [5.41, 5.74) is 1.98. The number of anilines is 2. The average Bonchev–Trinajstić information content (AvgIpc) is 3.33. The zero-order chi connectivity index (χ0) is 56.0. The number of thiocarbonyl (C=S) groups is 1. The summed E-state index contributed by atoms with van der Waals surface area (Å²) in [4.78, 5) is 62.0. The molecule has 0 bridgehead atoms. The van der Waals surface area contributed by atoms with E-state index in [1.54, 1.807) is 43.3 Å². The van der Waals surface area contributed by atoms with E-state index >= 15 is 0 Å². The van der Waals surface area contributed by atoms with E-state index < -0.39 is 62.1 Å². The molecule has 76 heavy (non-hydrogen) atoms. The number of carbonyl (C=O) groups is 5. The molecule has 0 amide bonds. The predicted molar refractivity (Wildman–Crippen MR) is 291 cm³/mol.